The van der Waals surface area contributed by atoms with Crippen LogP contribution < -0.4 is 5.32 Å². The first-order chi connectivity index (χ1) is 17.0. The Balaban J connectivity index is 1.48. The van der Waals surface area contributed by atoms with Crippen molar-refractivity contribution >= 4 is 17.9 Å². The molecule has 3 aliphatic rings. The fourth-order valence-electron chi connectivity index (χ4n) is 5.56. The first-order valence-corrected chi connectivity index (χ1v) is 12.5. The van der Waals surface area contributed by atoms with Crippen LogP contribution in [-0.4, -0.2) is 82.0 Å². The Hall–Kier alpha value is -3.19. The number of halogens is 1. The molecule has 194 valence electrons. The number of nitrogens with one attached hydrogen (secondary N) is 1. The summed E-state index contributed by atoms with van der Waals surface area (Å²) in [7, 11) is 0. The molecule has 10 heteroatoms. The topological polar surface area (TPSA) is 106 Å². The van der Waals surface area contributed by atoms with Gasteiger partial charge in [-0.1, -0.05) is 12.1 Å². The van der Waals surface area contributed by atoms with E-state index in [1.165, 1.54) is 17.0 Å². The molecule has 0 aliphatic carbocycles. The van der Waals surface area contributed by atoms with Gasteiger partial charge in [0.15, 0.2) is 0 Å². The Morgan fingerprint density at radius 2 is 2.08 bits per heavy atom. The molecule has 3 saturated heterocycles. The number of alkyl carbamates (subject to hydrolysis) is 1. The lowest BCUT2D eigenvalue weighted by Crippen LogP contribution is -2.59. The van der Waals surface area contributed by atoms with E-state index >= 15 is 0 Å². The number of carbonyl (C=O) groups excluding carboxylic acids is 3. The summed E-state index contributed by atoms with van der Waals surface area (Å²) in [5.74, 6) is -0.752. The van der Waals surface area contributed by atoms with Gasteiger partial charge >= 0.3 is 6.09 Å². The summed E-state index contributed by atoms with van der Waals surface area (Å²) in [5, 5.41) is 12.2. The number of hydrogen-bond acceptors (Lipinski definition) is 6. The molecule has 0 spiro atoms. The maximum Gasteiger partial charge on any atom is 0.408 e. The van der Waals surface area contributed by atoms with Gasteiger partial charge < -0.3 is 19.9 Å². The number of amides is 3. The molecule has 0 aromatic heterocycles. The van der Waals surface area contributed by atoms with Crippen LogP contribution in [0.15, 0.2) is 24.3 Å². The summed E-state index contributed by atoms with van der Waals surface area (Å²) in [6.45, 7) is 8.24. The molecule has 1 aromatic rings. The molecule has 0 radical (unpaired) electrons. The highest BCUT2D eigenvalue weighted by Gasteiger charge is 2.52. The second-order valence-corrected chi connectivity index (χ2v) is 10.9. The summed E-state index contributed by atoms with van der Waals surface area (Å²) in [4.78, 5) is 44.6. The fraction of sp³-hybridized carbons (Fsp3) is 0.615. The van der Waals surface area contributed by atoms with Crippen LogP contribution in [0.2, 0.25) is 0 Å². The van der Waals surface area contributed by atoms with Crippen molar-refractivity contribution in [1.29, 1.82) is 5.26 Å². The molecule has 5 atom stereocenters. The molecule has 1 unspecified atom stereocenters. The van der Waals surface area contributed by atoms with Crippen molar-refractivity contribution in [3.63, 3.8) is 0 Å². The minimum absolute atomic E-state index is 0.0671. The van der Waals surface area contributed by atoms with Crippen LogP contribution in [0.3, 0.4) is 0 Å². The van der Waals surface area contributed by atoms with E-state index in [2.05, 4.69) is 11.4 Å². The lowest BCUT2D eigenvalue weighted by molar-refractivity contribution is -0.141. The van der Waals surface area contributed by atoms with Crippen molar-refractivity contribution in [2.24, 2.45) is 0 Å². The van der Waals surface area contributed by atoms with Gasteiger partial charge in [-0.3, -0.25) is 14.5 Å². The quantitative estimate of drug-likeness (QED) is 0.645. The molecule has 3 aliphatic heterocycles. The molecular weight excluding hydrogens is 465 g/mol. The average molecular weight is 500 g/mol. The summed E-state index contributed by atoms with van der Waals surface area (Å²) in [6.07, 6.45) is 1.21. The highest BCUT2D eigenvalue weighted by Crippen LogP contribution is 2.38. The first kappa shape index (κ1) is 25.9. The lowest BCUT2D eigenvalue weighted by Gasteiger charge is -2.39. The Bertz CT molecular complexity index is 1070. The largest absolute Gasteiger partial charge is 0.444 e. The van der Waals surface area contributed by atoms with Gasteiger partial charge in [0.05, 0.1) is 18.2 Å². The van der Waals surface area contributed by atoms with E-state index in [9.17, 15) is 24.0 Å². The molecule has 0 saturated carbocycles. The van der Waals surface area contributed by atoms with Crippen LogP contribution in [0.25, 0.3) is 0 Å². The molecule has 1 N–H and O–H groups in total. The van der Waals surface area contributed by atoms with Gasteiger partial charge in [-0.15, -0.1) is 0 Å². The summed E-state index contributed by atoms with van der Waals surface area (Å²) >= 11 is 0. The van der Waals surface area contributed by atoms with E-state index in [0.29, 0.717) is 25.9 Å². The molecular formula is C26H34FN5O4. The van der Waals surface area contributed by atoms with Gasteiger partial charge in [0.25, 0.3) is 0 Å². The standard InChI is InChI=1S/C26H34FN5O4/c1-16(17-7-5-8-18(27)11-17)32-20-12-22(24(32)34)30(14-20)15-21(29-25(35)36-26(2,3)4)23(33)31-10-6-9-19(31)13-28/h5,7-8,11,16,19-22H,6,9-10,12,14-15H2,1-4H3,(H,29,35)/t16-,19-,20?,21-,22-/m0/s1. The van der Waals surface area contributed by atoms with Gasteiger partial charge in [0.1, 0.15) is 23.5 Å². The first-order valence-electron chi connectivity index (χ1n) is 12.5. The molecule has 4 rings (SSSR count). The van der Waals surface area contributed by atoms with Gasteiger partial charge in [-0.2, -0.15) is 5.26 Å². The highest BCUT2D eigenvalue weighted by molar-refractivity contribution is 5.88. The zero-order valence-electron chi connectivity index (χ0n) is 21.2. The predicted molar refractivity (Wildman–Crippen MR) is 129 cm³/mol. The van der Waals surface area contributed by atoms with Crippen LogP contribution in [0, 0.1) is 17.1 Å². The smallest absolute Gasteiger partial charge is 0.408 e. The monoisotopic (exact) mass is 499 g/mol. The molecule has 3 heterocycles. The van der Waals surface area contributed by atoms with Crippen LogP contribution in [-0.2, 0) is 14.3 Å². The lowest BCUT2D eigenvalue weighted by atomic mass is 10.1. The van der Waals surface area contributed by atoms with E-state index < -0.39 is 29.8 Å². The number of nitrogens with zero attached hydrogens (tertiary/aromatic N) is 4. The number of hydrogen-bond donors (Lipinski definition) is 1. The van der Waals surface area contributed by atoms with Crippen LogP contribution in [0.4, 0.5) is 9.18 Å². The van der Waals surface area contributed by atoms with Gasteiger partial charge in [0, 0.05) is 25.7 Å². The molecule has 3 fully saturated rings. The number of nitriles is 1. The SMILES string of the molecule is C[C@@H](c1cccc(F)c1)N1C(=O)[C@@H]2CC1CN2C[C@H](NC(=O)OC(C)(C)C)C(=O)N1CCC[C@H]1C#N. The van der Waals surface area contributed by atoms with Gasteiger partial charge in [-0.25, -0.2) is 9.18 Å². The molecule has 3 amide bonds. The third kappa shape index (κ3) is 5.31. The number of benzene rings is 1. The normalized spacial score (nSPS) is 25.6. The number of carbonyl (C=O) groups is 3. The summed E-state index contributed by atoms with van der Waals surface area (Å²) < 4.78 is 19.1. The molecule has 9 nitrogen and oxygen atoms in total. The van der Waals surface area contributed by atoms with Gasteiger partial charge in [-0.05, 0) is 64.7 Å². The molecule has 36 heavy (non-hydrogen) atoms. The zero-order chi connectivity index (χ0) is 26.2. The Kier molecular flexibility index (Phi) is 7.23. The zero-order valence-corrected chi connectivity index (χ0v) is 21.2. The summed E-state index contributed by atoms with van der Waals surface area (Å²) in [6, 6.07) is 6.19. The van der Waals surface area contributed by atoms with Crippen molar-refractivity contribution in [2.45, 2.75) is 82.8 Å². The van der Waals surface area contributed by atoms with Crippen LogP contribution in [0.1, 0.15) is 58.6 Å². The van der Waals surface area contributed by atoms with Crippen molar-refractivity contribution in [3.8, 4) is 6.07 Å². The molecule has 2 bridgehead atoms. The number of ether oxygens (including phenoxy) is 1. The minimum Gasteiger partial charge on any atom is -0.444 e. The van der Waals surface area contributed by atoms with E-state index in [0.717, 1.165) is 12.0 Å². The van der Waals surface area contributed by atoms with Crippen molar-refractivity contribution in [2.75, 3.05) is 19.6 Å². The third-order valence-corrected chi connectivity index (χ3v) is 7.15. The Morgan fingerprint density at radius 3 is 2.72 bits per heavy atom. The van der Waals surface area contributed by atoms with E-state index in [1.807, 2.05) is 17.9 Å². The van der Waals surface area contributed by atoms with Crippen LogP contribution >= 0.6 is 0 Å². The maximum atomic E-state index is 13.8. The maximum absolute atomic E-state index is 13.8. The average Bonchev–Trinajstić information content (AvgIpc) is 3.51. The second-order valence-electron chi connectivity index (χ2n) is 10.9. The summed E-state index contributed by atoms with van der Waals surface area (Å²) in [5.41, 5.74) is -0.00446. The Morgan fingerprint density at radius 1 is 1.33 bits per heavy atom. The van der Waals surface area contributed by atoms with Crippen molar-refractivity contribution in [3.05, 3.63) is 35.6 Å². The highest BCUT2D eigenvalue weighted by atomic mass is 19.1. The third-order valence-electron chi connectivity index (χ3n) is 7.15. The van der Waals surface area contributed by atoms with E-state index in [1.54, 1.807) is 31.7 Å². The number of piperazine rings is 1. The number of rotatable bonds is 6. The number of fused-ring (bicyclic) bond motifs is 2. The van der Waals surface area contributed by atoms with Crippen LogP contribution in [0.5, 0.6) is 0 Å². The van der Waals surface area contributed by atoms with E-state index in [4.69, 9.17) is 4.74 Å². The van der Waals surface area contributed by atoms with Crippen molar-refractivity contribution in [1.82, 2.24) is 20.0 Å². The molecule has 1 aromatic carbocycles. The second kappa shape index (κ2) is 10.1. The fourth-order valence-corrected chi connectivity index (χ4v) is 5.56. The van der Waals surface area contributed by atoms with Gasteiger partial charge in [0.2, 0.25) is 11.8 Å². The number of likely N-dealkylation sites (tertiary alicyclic amines) is 3. The minimum atomic E-state index is -0.949. The predicted octanol–water partition coefficient (Wildman–Crippen LogP) is 2.58. The Labute approximate surface area is 211 Å². The van der Waals surface area contributed by atoms with E-state index in [-0.39, 0.29) is 36.3 Å². The van der Waals surface area contributed by atoms with Crippen molar-refractivity contribution < 1.29 is 23.5 Å².